The van der Waals surface area contributed by atoms with Gasteiger partial charge in [-0.25, -0.2) is 0 Å². The molecule has 1 N–H and O–H groups in total. The number of hydrogen-bond donors (Lipinski definition) is 1. The predicted molar refractivity (Wildman–Crippen MR) is 105 cm³/mol. The highest BCUT2D eigenvalue weighted by Crippen LogP contribution is 2.29. The topological polar surface area (TPSA) is 38.3 Å². The van der Waals surface area contributed by atoms with E-state index in [-0.39, 0.29) is 5.91 Å². The summed E-state index contributed by atoms with van der Waals surface area (Å²) in [6.07, 6.45) is -0.570. The van der Waals surface area contributed by atoms with Crippen molar-refractivity contribution in [2.24, 2.45) is 0 Å². The van der Waals surface area contributed by atoms with E-state index in [0.29, 0.717) is 11.8 Å². The molecule has 0 saturated carbocycles. The molecule has 2 aromatic carbocycles. The molecule has 0 saturated heterocycles. The van der Waals surface area contributed by atoms with Crippen LogP contribution >= 0.6 is 0 Å². The van der Waals surface area contributed by atoms with E-state index in [9.17, 15) is 4.79 Å². The van der Waals surface area contributed by atoms with Crippen molar-refractivity contribution >= 4 is 11.6 Å². The Hall–Kier alpha value is -2.29. The molecule has 1 unspecified atom stereocenters. The lowest BCUT2D eigenvalue weighted by molar-refractivity contribution is -0.122. The zero-order valence-electron chi connectivity index (χ0n) is 16.1. The van der Waals surface area contributed by atoms with Gasteiger partial charge in [-0.2, -0.15) is 0 Å². The van der Waals surface area contributed by atoms with Gasteiger partial charge < -0.3 is 10.1 Å². The normalized spacial score (nSPS) is 12.3. The second-order valence-electron chi connectivity index (χ2n) is 7.14. The minimum absolute atomic E-state index is 0.130. The Bertz CT molecular complexity index is 735. The van der Waals surface area contributed by atoms with Crippen LogP contribution < -0.4 is 10.1 Å². The van der Waals surface area contributed by atoms with Crippen LogP contribution in [-0.4, -0.2) is 12.0 Å². The summed E-state index contributed by atoms with van der Waals surface area (Å²) in [5, 5.41) is 3.06. The highest BCUT2D eigenvalue weighted by molar-refractivity contribution is 5.95. The number of ether oxygens (including phenoxy) is 1. The summed E-state index contributed by atoms with van der Waals surface area (Å²) in [4.78, 5) is 12.7. The van der Waals surface area contributed by atoms with Crippen LogP contribution in [0.5, 0.6) is 5.75 Å². The van der Waals surface area contributed by atoms with Crippen molar-refractivity contribution < 1.29 is 9.53 Å². The largest absolute Gasteiger partial charge is 0.481 e. The van der Waals surface area contributed by atoms with Crippen molar-refractivity contribution in [2.75, 3.05) is 5.32 Å². The second kappa shape index (κ2) is 8.19. The zero-order chi connectivity index (χ0) is 18.6. The van der Waals surface area contributed by atoms with Gasteiger partial charge in [-0.1, -0.05) is 64.1 Å². The molecule has 1 atom stereocenters. The van der Waals surface area contributed by atoms with E-state index in [1.807, 2.05) is 43.3 Å². The molecule has 25 heavy (non-hydrogen) atoms. The third kappa shape index (κ3) is 4.62. The van der Waals surface area contributed by atoms with Gasteiger partial charge >= 0.3 is 0 Å². The Kier molecular flexibility index (Phi) is 6.24. The second-order valence-corrected chi connectivity index (χ2v) is 7.14. The molecule has 0 radical (unpaired) electrons. The number of amides is 1. The number of anilines is 1. The minimum atomic E-state index is -0.570. The van der Waals surface area contributed by atoms with Crippen LogP contribution in [0.3, 0.4) is 0 Å². The molecule has 0 bridgehead atoms. The van der Waals surface area contributed by atoms with E-state index in [0.717, 1.165) is 28.1 Å². The van der Waals surface area contributed by atoms with Crippen molar-refractivity contribution in [3.05, 3.63) is 59.2 Å². The first kappa shape index (κ1) is 19.0. The molecule has 134 valence electrons. The molecule has 3 heteroatoms. The van der Waals surface area contributed by atoms with Crippen molar-refractivity contribution in [1.82, 2.24) is 0 Å². The third-order valence-electron chi connectivity index (χ3n) is 4.39. The maximum Gasteiger partial charge on any atom is 0.265 e. The zero-order valence-corrected chi connectivity index (χ0v) is 16.1. The first-order valence-electron chi connectivity index (χ1n) is 8.97. The number of carbonyl (C=O) groups excluding carboxylic acids is 1. The summed E-state index contributed by atoms with van der Waals surface area (Å²) in [5.41, 5.74) is 4.22. The van der Waals surface area contributed by atoms with Gasteiger partial charge in [-0.3, -0.25) is 4.79 Å². The van der Waals surface area contributed by atoms with E-state index in [1.54, 1.807) is 6.92 Å². The number of para-hydroxylation sites is 2. The van der Waals surface area contributed by atoms with Gasteiger partial charge in [0.1, 0.15) is 5.75 Å². The molecule has 0 fully saturated rings. The van der Waals surface area contributed by atoms with Crippen LogP contribution in [-0.2, 0) is 4.79 Å². The molecule has 3 nitrogen and oxygen atoms in total. The van der Waals surface area contributed by atoms with Crippen molar-refractivity contribution in [3.63, 3.8) is 0 Å². The number of nitrogens with one attached hydrogen (secondary N) is 1. The van der Waals surface area contributed by atoms with E-state index < -0.39 is 6.10 Å². The van der Waals surface area contributed by atoms with E-state index in [2.05, 4.69) is 39.1 Å². The van der Waals surface area contributed by atoms with E-state index in [1.165, 1.54) is 0 Å². The maximum atomic E-state index is 12.7. The number of rotatable bonds is 6. The molecule has 0 spiro atoms. The van der Waals surface area contributed by atoms with Crippen LogP contribution in [0.2, 0.25) is 0 Å². The molecule has 0 aromatic heterocycles. The first-order chi connectivity index (χ1) is 11.8. The smallest absolute Gasteiger partial charge is 0.265 e. The van der Waals surface area contributed by atoms with Crippen molar-refractivity contribution in [1.29, 1.82) is 0 Å². The monoisotopic (exact) mass is 339 g/mol. The predicted octanol–water partition coefficient (Wildman–Crippen LogP) is 5.65. The number of hydrogen-bond acceptors (Lipinski definition) is 2. The molecule has 0 aliphatic rings. The summed E-state index contributed by atoms with van der Waals surface area (Å²) < 4.78 is 5.97. The molecule has 2 rings (SSSR count). The van der Waals surface area contributed by atoms with Gasteiger partial charge in [0.15, 0.2) is 6.10 Å². The Morgan fingerprint density at radius 3 is 2.12 bits per heavy atom. The summed E-state index contributed by atoms with van der Waals surface area (Å²) in [5.74, 6) is 1.33. The average Bonchev–Trinajstić information content (AvgIpc) is 2.56. The first-order valence-corrected chi connectivity index (χ1v) is 8.97. The quantitative estimate of drug-likeness (QED) is 0.739. The Labute approximate surface area is 151 Å². The fraction of sp³-hybridized carbons (Fsp3) is 0.409. The Balaban J connectivity index is 2.17. The Morgan fingerprint density at radius 1 is 0.880 bits per heavy atom. The molecular formula is C22H29NO2. The minimum Gasteiger partial charge on any atom is -0.481 e. The number of aryl methyl sites for hydroxylation is 1. The van der Waals surface area contributed by atoms with Gasteiger partial charge in [-0.15, -0.1) is 0 Å². The molecule has 1 amide bonds. The lowest BCUT2D eigenvalue weighted by atomic mass is 9.98. The van der Waals surface area contributed by atoms with Crippen LogP contribution in [0.25, 0.3) is 0 Å². The summed E-state index contributed by atoms with van der Waals surface area (Å²) in [7, 11) is 0. The van der Waals surface area contributed by atoms with E-state index >= 15 is 0 Å². The van der Waals surface area contributed by atoms with Crippen LogP contribution in [0.15, 0.2) is 42.5 Å². The van der Waals surface area contributed by atoms with Crippen molar-refractivity contribution in [2.45, 2.75) is 59.5 Å². The Morgan fingerprint density at radius 2 is 1.48 bits per heavy atom. The fourth-order valence-corrected chi connectivity index (χ4v) is 2.88. The molecule has 0 aliphatic carbocycles. The van der Waals surface area contributed by atoms with Crippen molar-refractivity contribution in [3.8, 4) is 5.75 Å². The van der Waals surface area contributed by atoms with E-state index in [4.69, 9.17) is 4.74 Å². The molecular weight excluding hydrogens is 310 g/mol. The summed E-state index contributed by atoms with van der Waals surface area (Å²) in [6.45, 7) is 12.3. The summed E-state index contributed by atoms with van der Waals surface area (Å²) >= 11 is 0. The standard InChI is InChI=1S/C22H29NO2/c1-14(2)18-11-7-8-13-20(18)25-17(6)22(24)23-21-16(5)10-9-12-19(21)15(3)4/h7-15,17H,1-6H3,(H,23,24). The molecule has 2 aromatic rings. The van der Waals surface area contributed by atoms with Gasteiger partial charge in [0.2, 0.25) is 0 Å². The number of carbonyl (C=O) groups is 1. The third-order valence-corrected chi connectivity index (χ3v) is 4.39. The molecule has 0 aliphatic heterocycles. The van der Waals surface area contributed by atoms with Crippen LogP contribution in [0, 0.1) is 6.92 Å². The van der Waals surface area contributed by atoms with Crippen LogP contribution in [0.4, 0.5) is 5.69 Å². The number of benzene rings is 2. The SMILES string of the molecule is Cc1cccc(C(C)C)c1NC(=O)C(C)Oc1ccccc1C(C)C. The average molecular weight is 339 g/mol. The van der Waals surface area contributed by atoms with Crippen LogP contribution in [0.1, 0.15) is 63.1 Å². The maximum absolute atomic E-state index is 12.7. The highest BCUT2D eigenvalue weighted by atomic mass is 16.5. The molecule has 0 heterocycles. The lowest BCUT2D eigenvalue weighted by Crippen LogP contribution is -2.31. The fourth-order valence-electron chi connectivity index (χ4n) is 2.88. The highest BCUT2D eigenvalue weighted by Gasteiger charge is 2.19. The van der Waals surface area contributed by atoms with Gasteiger partial charge in [0, 0.05) is 5.69 Å². The van der Waals surface area contributed by atoms with Gasteiger partial charge in [-0.05, 0) is 48.4 Å². The lowest BCUT2D eigenvalue weighted by Gasteiger charge is -2.21. The van der Waals surface area contributed by atoms with Gasteiger partial charge in [0.25, 0.3) is 5.91 Å². The van der Waals surface area contributed by atoms with Gasteiger partial charge in [0.05, 0.1) is 0 Å². The summed E-state index contributed by atoms with van der Waals surface area (Å²) in [6, 6.07) is 14.0.